The summed E-state index contributed by atoms with van der Waals surface area (Å²) in [7, 11) is 0. The normalized spacial score (nSPS) is 16.7. The fraction of sp³-hybridized carbons (Fsp3) is 0.0870. The van der Waals surface area contributed by atoms with Gasteiger partial charge in [0.05, 0.1) is 6.04 Å². The molecule has 3 nitrogen and oxygen atoms in total. The molecule has 0 saturated carbocycles. The van der Waals surface area contributed by atoms with E-state index < -0.39 is 0 Å². The zero-order chi connectivity index (χ0) is 19.7. The highest BCUT2D eigenvalue weighted by molar-refractivity contribution is 9.10. The molecule has 1 heterocycles. The molecule has 0 unspecified atom stereocenters. The Morgan fingerprint density at radius 2 is 1.68 bits per heavy atom. The molecule has 5 heteroatoms. The molecule has 3 aromatic rings. The molecule has 1 aliphatic rings. The summed E-state index contributed by atoms with van der Waals surface area (Å²) >= 11 is 9.51. The lowest BCUT2D eigenvalue weighted by Gasteiger charge is -2.27. The Hall–Kier alpha value is -2.56. The summed E-state index contributed by atoms with van der Waals surface area (Å²) in [6, 6.07) is 24.4. The number of benzene rings is 3. The highest BCUT2D eigenvalue weighted by Gasteiger charge is 2.40. The van der Waals surface area contributed by atoms with Gasteiger partial charge in [0.25, 0.3) is 5.91 Å². The molecule has 1 atom stereocenters. The van der Waals surface area contributed by atoms with Crippen molar-refractivity contribution in [2.45, 2.75) is 12.6 Å². The molecular formula is C23H17BrClNO2. The van der Waals surface area contributed by atoms with E-state index in [9.17, 15) is 9.90 Å². The van der Waals surface area contributed by atoms with Gasteiger partial charge in [0, 0.05) is 21.6 Å². The molecule has 0 aromatic heterocycles. The van der Waals surface area contributed by atoms with Crippen molar-refractivity contribution >= 4 is 39.0 Å². The van der Waals surface area contributed by atoms with E-state index in [1.165, 1.54) is 0 Å². The van der Waals surface area contributed by atoms with Crippen LogP contribution in [0, 0.1) is 0 Å². The molecule has 0 bridgehead atoms. The van der Waals surface area contributed by atoms with Crippen molar-refractivity contribution in [3.8, 4) is 0 Å². The number of aliphatic hydroxyl groups is 1. The SMILES string of the molecule is O=C1C(O)=C(c2ccccc2)[C@H](c2cccc(Br)c2)N1Cc1ccc(Cl)cc1. The second-order valence-electron chi connectivity index (χ2n) is 6.65. The van der Waals surface area contributed by atoms with Gasteiger partial charge in [0.15, 0.2) is 5.76 Å². The van der Waals surface area contributed by atoms with E-state index in [-0.39, 0.29) is 17.7 Å². The number of aliphatic hydroxyl groups excluding tert-OH is 1. The van der Waals surface area contributed by atoms with Crippen LogP contribution in [0.4, 0.5) is 0 Å². The summed E-state index contributed by atoms with van der Waals surface area (Å²) in [4.78, 5) is 14.7. The zero-order valence-corrected chi connectivity index (χ0v) is 17.2. The van der Waals surface area contributed by atoms with E-state index >= 15 is 0 Å². The minimum Gasteiger partial charge on any atom is -0.503 e. The van der Waals surface area contributed by atoms with Crippen LogP contribution in [0.3, 0.4) is 0 Å². The molecule has 0 aliphatic carbocycles. The molecule has 28 heavy (non-hydrogen) atoms. The molecule has 3 aromatic carbocycles. The number of nitrogens with zero attached hydrogens (tertiary/aromatic N) is 1. The number of rotatable bonds is 4. The first kappa shape index (κ1) is 18.8. The molecule has 0 fully saturated rings. The third-order valence-electron chi connectivity index (χ3n) is 4.82. The van der Waals surface area contributed by atoms with Crippen LogP contribution in [-0.2, 0) is 11.3 Å². The first-order valence-corrected chi connectivity index (χ1v) is 10.0. The van der Waals surface area contributed by atoms with Crippen LogP contribution in [0.15, 0.2) is 89.1 Å². The highest BCUT2D eigenvalue weighted by Crippen LogP contribution is 2.44. The van der Waals surface area contributed by atoms with Gasteiger partial charge in [-0.15, -0.1) is 0 Å². The standard InChI is InChI=1S/C23H17BrClNO2/c24-18-8-4-7-17(13-18)21-20(16-5-2-1-3-6-16)22(27)23(28)26(21)14-15-9-11-19(25)12-10-15/h1-13,21,27H,14H2/t21-/m0/s1. The van der Waals surface area contributed by atoms with Crippen molar-refractivity contribution in [2.24, 2.45) is 0 Å². The van der Waals surface area contributed by atoms with Crippen molar-refractivity contribution in [1.29, 1.82) is 0 Å². The molecular weight excluding hydrogens is 438 g/mol. The number of carbonyl (C=O) groups excluding carboxylic acids is 1. The summed E-state index contributed by atoms with van der Waals surface area (Å²) in [5, 5.41) is 11.4. The number of hydrogen-bond acceptors (Lipinski definition) is 2. The number of halogens is 2. The molecule has 0 saturated heterocycles. The van der Waals surface area contributed by atoms with Crippen molar-refractivity contribution in [2.75, 3.05) is 0 Å². The predicted octanol–water partition coefficient (Wildman–Crippen LogP) is 6.16. The third kappa shape index (κ3) is 3.58. The summed E-state index contributed by atoms with van der Waals surface area (Å²) in [6.07, 6.45) is 0. The Balaban J connectivity index is 1.81. The quantitative estimate of drug-likeness (QED) is 0.513. The summed E-state index contributed by atoms with van der Waals surface area (Å²) in [6.45, 7) is 0.369. The Bertz CT molecular complexity index is 1050. The first-order chi connectivity index (χ1) is 13.5. The Morgan fingerprint density at radius 1 is 0.964 bits per heavy atom. The zero-order valence-electron chi connectivity index (χ0n) is 14.8. The predicted molar refractivity (Wildman–Crippen MR) is 115 cm³/mol. The van der Waals surface area contributed by atoms with Crippen LogP contribution in [0.25, 0.3) is 5.57 Å². The van der Waals surface area contributed by atoms with Crippen LogP contribution in [0.1, 0.15) is 22.7 Å². The third-order valence-corrected chi connectivity index (χ3v) is 5.56. The Morgan fingerprint density at radius 3 is 2.36 bits per heavy atom. The van der Waals surface area contributed by atoms with Crippen molar-refractivity contribution in [1.82, 2.24) is 4.90 Å². The molecule has 1 aliphatic heterocycles. The van der Waals surface area contributed by atoms with E-state index in [0.717, 1.165) is 21.2 Å². The largest absolute Gasteiger partial charge is 0.503 e. The second-order valence-corrected chi connectivity index (χ2v) is 8.00. The van der Waals surface area contributed by atoms with E-state index in [0.29, 0.717) is 17.1 Å². The second kappa shape index (κ2) is 7.82. The number of hydrogen-bond donors (Lipinski definition) is 1. The molecule has 1 amide bonds. The molecule has 0 radical (unpaired) electrons. The maximum atomic E-state index is 13.0. The van der Waals surface area contributed by atoms with Crippen LogP contribution in [-0.4, -0.2) is 15.9 Å². The van der Waals surface area contributed by atoms with Crippen LogP contribution in [0.5, 0.6) is 0 Å². The first-order valence-electron chi connectivity index (χ1n) is 8.84. The summed E-state index contributed by atoms with van der Waals surface area (Å²) < 4.78 is 0.919. The van der Waals surface area contributed by atoms with Gasteiger partial charge in [-0.3, -0.25) is 4.79 Å². The van der Waals surface area contributed by atoms with Crippen molar-refractivity contribution in [3.05, 3.63) is 111 Å². The van der Waals surface area contributed by atoms with Gasteiger partial charge in [-0.1, -0.05) is 82.1 Å². The average molecular weight is 455 g/mol. The van der Waals surface area contributed by atoms with Crippen LogP contribution >= 0.6 is 27.5 Å². The van der Waals surface area contributed by atoms with Crippen molar-refractivity contribution in [3.63, 3.8) is 0 Å². The van der Waals surface area contributed by atoms with Gasteiger partial charge >= 0.3 is 0 Å². The average Bonchev–Trinajstić information content (AvgIpc) is 2.95. The Labute approximate surface area is 177 Å². The lowest BCUT2D eigenvalue weighted by atomic mass is 9.93. The topological polar surface area (TPSA) is 40.5 Å². The lowest BCUT2D eigenvalue weighted by molar-refractivity contribution is -0.130. The number of carbonyl (C=O) groups is 1. The molecule has 1 N–H and O–H groups in total. The molecule has 0 spiro atoms. The van der Waals surface area contributed by atoms with Gasteiger partial charge in [0.1, 0.15) is 0 Å². The van der Waals surface area contributed by atoms with Crippen molar-refractivity contribution < 1.29 is 9.90 Å². The minimum atomic E-state index is -0.386. The maximum Gasteiger partial charge on any atom is 0.290 e. The van der Waals surface area contributed by atoms with Gasteiger partial charge in [-0.05, 0) is 41.0 Å². The monoisotopic (exact) mass is 453 g/mol. The van der Waals surface area contributed by atoms with Crippen LogP contribution < -0.4 is 0 Å². The molecule has 4 rings (SSSR count). The van der Waals surface area contributed by atoms with Gasteiger partial charge in [0.2, 0.25) is 0 Å². The van der Waals surface area contributed by atoms with E-state index in [1.54, 1.807) is 17.0 Å². The Kier molecular flexibility index (Phi) is 5.25. The highest BCUT2D eigenvalue weighted by atomic mass is 79.9. The fourth-order valence-electron chi connectivity index (χ4n) is 3.54. The van der Waals surface area contributed by atoms with E-state index in [2.05, 4.69) is 15.9 Å². The van der Waals surface area contributed by atoms with Crippen LogP contribution in [0.2, 0.25) is 5.02 Å². The van der Waals surface area contributed by atoms with E-state index in [4.69, 9.17) is 11.6 Å². The minimum absolute atomic E-state index is 0.204. The van der Waals surface area contributed by atoms with E-state index in [1.807, 2.05) is 66.7 Å². The van der Waals surface area contributed by atoms with Gasteiger partial charge < -0.3 is 10.0 Å². The van der Waals surface area contributed by atoms with Gasteiger partial charge in [-0.25, -0.2) is 0 Å². The lowest BCUT2D eigenvalue weighted by Crippen LogP contribution is -2.29. The summed E-state index contributed by atoms with van der Waals surface area (Å²) in [5.41, 5.74) is 3.33. The smallest absolute Gasteiger partial charge is 0.290 e. The maximum absolute atomic E-state index is 13.0. The summed E-state index contributed by atoms with van der Waals surface area (Å²) in [5.74, 6) is -0.580. The number of amides is 1. The van der Waals surface area contributed by atoms with Gasteiger partial charge in [-0.2, -0.15) is 0 Å². The molecule has 140 valence electrons. The fourth-order valence-corrected chi connectivity index (χ4v) is 4.08.